The fourth-order valence-corrected chi connectivity index (χ4v) is 4.03. The molecule has 0 aliphatic carbocycles. The minimum atomic E-state index is -3.97. The minimum absolute atomic E-state index is 0.00129. The van der Waals surface area contributed by atoms with Gasteiger partial charge in [0.2, 0.25) is 15.9 Å². The summed E-state index contributed by atoms with van der Waals surface area (Å²) < 4.78 is 33.2. The Kier molecular flexibility index (Phi) is 6.86. The number of carbonyl (C=O) groups is 1. The van der Waals surface area contributed by atoms with E-state index in [0.717, 1.165) is 5.56 Å². The van der Waals surface area contributed by atoms with Crippen molar-refractivity contribution < 1.29 is 17.9 Å². The molecule has 0 spiro atoms. The first-order valence-corrected chi connectivity index (χ1v) is 10.3. The van der Waals surface area contributed by atoms with Crippen molar-refractivity contribution in [2.75, 3.05) is 12.4 Å². The Morgan fingerprint density at radius 2 is 1.81 bits per heavy atom. The zero-order valence-corrected chi connectivity index (χ0v) is 17.2. The van der Waals surface area contributed by atoms with Crippen molar-refractivity contribution in [3.8, 4) is 5.75 Å². The molecule has 0 saturated carbocycles. The molecule has 0 heterocycles. The van der Waals surface area contributed by atoms with Crippen molar-refractivity contribution in [1.82, 2.24) is 4.72 Å². The normalized spacial score (nSPS) is 12.7. The maximum atomic E-state index is 12.8. The highest BCUT2D eigenvalue weighted by molar-refractivity contribution is 7.89. The van der Waals surface area contributed by atoms with Crippen molar-refractivity contribution >= 4 is 33.2 Å². The van der Waals surface area contributed by atoms with Gasteiger partial charge in [-0.05, 0) is 48.7 Å². The van der Waals surface area contributed by atoms with Gasteiger partial charge >= 0.3 is 0 Å². The van der Waals surface area contributed by atoms with Gasteiger partial charge in [-0.3, -0.25) is 4.79 Å². The number of halogens is 1. The van der Waals surface area contributed by atoms with Gasteiger partial charge < -0.3 is 10.1 Å². The molecule has 0 aromatic heterocycles. The van der Waals surface area contributed by atoms with E-state index in [-0.39, 0.29) is 16.6 Å². The Balaban J connectivity index is 2.22. The van der Waals surface area contributed by atoms with Gasteiger partial charge in [-0.25, -0.2) is 8.42 Å². The van der Waals surface area contributed by atoms with Crippen LogP contribution in [0.2, 0.25) is 5.02 Å². The summed E-state index contributed by atoms with van der Waals surface area (Å²) in [6.07, 6.45) is 0. The van der Waals surface area contributed by atoms with E-state index in [1.54, 1.807) is 36.4 Å². The third-order valence-corrected chi connectivity index (χ3v) is 5.76. The van der Waals surface area contributed by atoms with E-state index in [1.165, 1.54) is 14.0 Å². The third-order valence-electron chi connectivity index (χ3n) is 3.96. The van der Waals surface area contributed by atoms with Crippen LogP contribution in [-0.4, -0.2) is 27.5 Å². The highest BCUT2D eigenvalue weighted by atomic mass is 35.5. The number of rotatable bonds is 7. The molecule has 1 atom stereocenters. The summed E-state index contributed by atoms with van der Waals surface area (Å²) in [5.74, 6) is -0.137. The van der Waals surface area contributed by atoms with Gasteiger partial charge in [0.15, 0.2) is 0 Å². The van der Waals surface area contributed by atoms with Crippen LogP contribution in [0.4, 0.5) is 5.69 Å². The summed E-state index contributed by atoms with van der Waals surface area (Å²) in [6.45, 7) is 5.40. The molecule has 1 amide bonds. The fraction of sp³-hybridized carbons (Fsp3) is 0.316. The molecule has 8 heteroatoms. The van der Waals surface area contributed by atoms with Gasteiger partial charge in [0.1, 0.15) is 10.6 Å². The molecule has 6 nitrogen and oxygen atoms in total. The average molecular weight is 411 g/mol. The van der Waals surface area contributed by atoms with Crippen LogP contribution in [-0.2, 0) is 14.8 Å². The van der Waals surface area contributed by atoms with Gasteiger partial charge in [0, 0.05) is 10.7 Å². The molecule has 0 fully saturated rings. The zero-order valence-electron chi connectivity index (χ0n) is 15.6. The van der Waals surface area contributed by atoms with E-state index in [9.17, 15) is 13.2 Å². The van der Waals surface area contributed by atoms with Crippen LogP contribution < -0.4 is 14.8 Å². The first-order valence-electron chi connectivity index (χ1n) is 8.40. The second-order valence-electron chi connectivity index (χ2n) is 6.41. The van der Waals surface area contributed by atoms with Crippen LogP contribution in [0, 0.1) is 0 Å². The Hall–Kier alpha value is -2.09. The lowest BCUT2D eigenvalue weighted by Crippen LogP contribution is -2.41. The summed E-state index contributed by atoms with van der Waals surface area (Å²) in [5, 5.41) is 3.10. The molecule has 2 N–H and O–H groups in total. The second-order valence-corrected chi connectivity index (χ2v) is 8.53. The Morgan fingerprint density at radius 3 is 2.41 bits per heavy atom. The highest BCUT2D eigenvalue weighted by Crippen LogP contribution is 2.28. The lowest BCUT2D eigenvalue weighted by molar-refractivity contribution is -0.117. The molecule has 0 aliphatic rings. The maximum absolute atomic E-state index is 12.8. The zero-order chi connectivity index (χ0) is 20.2. The van der Waals surface area contributed by atoms with Gasteiger partial charge in [0.05, 0.1) is 13.2 Å². The summed E-state index contributed by atoms with van der Waals surface area (Å²) in [6, 6.07) is 10.6. The number of hydrogen-bond donors (Lipinski definition) is 2. The second kappa shape index (κ2) is 8.73. The maximum Gasteiger partial charge on any atom is 0.244 e. The molecular weight excluding hydrogens is 388 g/mol. The molecule has 2 aromatic rings. The van der Waals surface area contributed by atoms with E-state index < -0.39 is 22.0 Å². The molecule has 0 radical (unpaired) electrons. The quantitative estimate of drug-likeness (QED) is 0.727. The van der Waals surface area contributed by atoms with Crippen LogP contribution >= 0.6 is 11.6 Å². The van der Waals surface area contributed by atoms with E-state index in [0.29, 0.717) is 10.7 Å². The first-order chi connectivity index (χ1) is 12.6. The molecule has 0 saturated heterocycles. The lowest BCUT2D eigenvalue weighted by atomic mass is 10.0. The Morgan fingerprint density at radius 1 is 1.11 bits per heavy atom. The molecule has 2 rings (SSSR count). The summed E-state index contributed by atoms with van der Waals surface area (Å²) >= 11 is 5.89. The van der Waals surface area contributed by atoms with Crippen molar-refractivity contribution in [1.29, 1.82) is 0 Å². The smallest absolute Gasteiger partial charge is 0.244 e. The van der Waals surface area contributed by atoms with E-state index in [1.807, 2.05) is 19.9 Å². The molecule has 1 unspecified atom stereocenters. The topological polar surface area (TPSA) is 84.5 Å². The van der Waals surface area contributed by atoms with Crippen LogP contribution in [0.25, 0.3) is 0 Å². The number of methoxy groups -OCH3 is 1. The van der Waals surface area contributed by atoms with Crippen LogP contribution in [0.1, 0.15) is 32.3 Å². The minimum Gasteiger partial charge on any atom is -0.495 e. The first kappa shape index (κ1) is 21.2. The highest BCUT2D eigenvalue weighted by Gasteiger charge is 2.26. The van der Waals surface area contributed by atoms with E-state index >= 15 is 0 Å². The van der Waals surface area contributed by atoms with E-state index in [2.05, 4.69) is 10.0 Å². The van der Waals surface area contributed by atoms with Crippen molar-refractivity contribution in [3.63, 3.8) is 0 Å². The molecule has 0 aliphatic heterocycles. The number of amides is 1. The largest absolute Gasteiger partial charge is 0.495 e. The molecule has 0 bridgehead atoms. The number of anilines is 1. The van der Waals surface area contributed by atoms with Crippen molar-refractivity contribution in [2.45, 2.75) is 37.6 Å². The van der Waals surface area contributed by atoms with Crippen molar-refractivity contribution in [2.24, 2.45) is 0 Å². The van der Waals surface area contributed by atoms with Crippen LogP contribution in [0.3, 0.4) is 0 Å². The van der Waals surface area contributed by atoms with E-state index in [4.69, 9.17) is 16.3 Å². The number of sulfonamides is 1. The summed E-state index contributed by atoms with van der Waals surface area (Å²) in [4.78, 5) is 12.3. The summed E-state index contributed by atoms with van der Waals surface area (Å²) in [7, 11) is -2.56. The van der Waals surface area contributed by atoms with Gasteiger partial charge in [0.25, 0.3) is 0 Å². The van der Waals surface area contributed by atoms with Crippen LogP contribution in [0.5, 0.6) is 5.75 Å². The Bertz CT molecular complexity index is 929. The average Bonchev–Trinajstić information content (AvgIpc) is 2.60. The molecule has 146 valence electrons. The molecule has 2 aromatic carbocycles. The number of nitrogens with one attached hydrogen (secondary N) is 2. The Labute approximate surface area is 164 Å². The van der Waals surface area contributed by atoms with Gasteiger partial charge in [-0.1, -0.05) is 37.6 Å². The van der Waals surface area contributed by atoms with Crippen LogP contribution in [0.15, 0.2) is 47.4 Å². The number of hydrogen-bond acceptors (Lipinski definition) is 4. The standard InChI is InChI=1S/C19H23ClN2O4S/c1-12(2)14-8-9-17(26-4)18(10-14)27(24,25)22-13(3)19(23)21-16-7-5-6-15(20)11-16/h5-13,22H,1-4H3,(H,21,23). The lowest BCUT2D eigenvalue weighted by Gasteiger charge is -2.17. The third kappa shape index (κ3) is 5.45. The molecule has 27 heavy (non-hydrogen) atoms. The fourth-order valence-electron chi connectivity index (χ4n) is 2.43. The summed E-state index contributed by atoms with van der Waals surface area (Å²) in [5.41, 5.74) is 1.34. The predicted octanol–water partition coefficient (Wildman–Crippen LogP) is 3.78. The SMILES string of the molecule is COc1ccc(C(C)C)cc1S(=O)(=O)NC(C)C(=O)Nc1cccc(Cl)c1. The van der Waals surface area contributed by atoms with Gasteiger partial charge in [-0.2, -0.15) is 4.72 Å². The number of ether oxygens (including phenoxy) is 1. The van der Waals surface area contributed by atoms with Crippen molar-refractivity contribution in [3.05, 3.63) is 53.1 Å². The number of carbonyl (C=O) groups excluding carboxylic acids is 1. The number of benzene rings is 2. The van der Waals surface area contributed by atoms with Gasteiger partial charge in [-0.15, -0.1) is 0 Å². The monoisotopic (exact) mass is 410 g/mol. The molecular formula is C19H23ClN2O4S. The predicted molar refractivity (Wildman–Crippen MR) is 107 cm³/mol.